The fourth-order valence-electron chi connectivity index (χ4n) is 0.885. The normalized spacial score (nSPS) is 8.50. The van der Waals surface area contributed by atoms with Crippen LogP contribution in [-0.4, -0.2) is 10.2 Å². The Labute approximate surface area is 88.8 Å². The van der Waals surface area contributed by atoms with Gasteiger partial charge in [-0.2, -0.15) is 5.56 Å². The van der Waals surface area contributed by atoms with Crippen molar-refractivity contribution in [1.82, 2.24) is 10.2 Å². The SMILES string of the molecule is CC.Cc1n[nH][c-]c1C(C)C.[Re]. The van der Waals surface area contributed by atoms with E-state index in [2.05, 4.69) is 30.2 Å². The Balaban J connectivity index is 0. The fraction of sp³-hybridized carbons (Fsp3) is 0.667. The molecule has 0 aliphatic carbocycles. The Morgan fingerprint density at radius 2 is 1.83 bits per heavy atom. The molecule has 12 heavy (non-hydrogen) atoms. The van der Waals surface area contributed by atoms with Crippen LogP contribution in [0.15, 0.2) is 0 Å². The number of hydrogen-bond acceptors (Lipinski definition) is 1. The van der Waals surface area contributed by atoms with Crippen molar-refractivity contribution >= 4 is 0 Å². The van der Waals surface area contributed by atoms with Crippen LogP contribution in [-0.2, 0) is 20.4 Å². The molecule has 3 heteroatoms. The zero-order chi connectivity index (χ0) is 8.85. The van der Waals surface area contributed by atoms with E-state index in [0.717, 1.165) is 5.69 Å². The number of aryl methyl sites for hydroxylation is 1. The van der Waals surface area contributed by atoms with Gasteiger partial charge in [0.15, 0.2) is 0 Å². The van der Waals surface area contributed by atoms with E-state index in [-0.39, 0.29) is 20.4 Å². The van der Waals surface area contributed by atoms with Crippen LogP contribution in [0.4, 0.5) is 0 Å². The molecule has 0 amide bonds. The van der Waals surface area contributed by atoms with Crippen molar-refractivity contribution in [3.63, 3.8) is 0 Å². The second-order valence-electron chi connectivity index (χ2n) is 2.50. The summed E-state index contributed by atoms with van der Waals surface area (Å²) in [6, 6.07) is 0. The Morgan fingerprint density at radius 1 is 1.33 bits per heavy atom. The first-order valence-corrected chi connectivity index (χ1v) is 4.14. The van der Waals surface area contributed by atoms with Crippen molar-refractivity contribution in [3.8, 4) is 0 Å². The van der Waals surface area contributed by atoms with Crippen LogP contribution in [0.1, 0.15) is 44.9 Å². The van der Waals surface area contributed by atoms with Gasteiger partial charge in [0.2, 0.25) is 0 Å². The van der Waals surface area contributed by atoms with Crippen molar-refractivity contribution in [2.75, 3.05) is 0 Å². The molecule has 0 fully saturated rings. The molecule has 1 aromatic rings. The summed E-state index contributed by atoms with van der Waals surface area (Å²) in [5.41, 5.74) is 2.25. The summed E-state index contributed by atoms with van der Waals surface area (Å²) in [4.78, 5) is 0. The molecule has 0 atom stereocenters. The third-order valence-corrected chi connectivity index (χ3v) is 1.38. The summed E-state index contributed by atoms with van der Waals surface area (Å²) in [5, 5.41) is 6.66. The van der Waals surface area contributed by atoms with Crippen molar-refractivity contribution in [2.24, 2.45) is 0 Å². The number of aromatic amines is 1. The van der Waals surface area contributed by atoms with Gasteiger partial charge in [0.25, 0.3) is 0 Å². The standard InChI is InChI=1S/C7H11N2.C2H6.Re/c1-5(2)7-4-8-9-6(7)3;1-2;/h5H,1-3H3,(H,8,9);1-2H3;/q-1;;. The zero-order valence-electron chi connectivity index (χ0n) is 8.40. The van der Waals surface area contributed by atoms with Crippen molar-refractivity contribution in [1.29, 1.82) is 0 Å². The van der Waals surface area contributed by atoms with Gasteiger partial charge < -0.3 is 5.10 Å². The number of nitrogens with zero attached hydrogens (tertiary/aromatic N) is 1. The first kappa shape index (κ1) is 14.4. The molecule has 1 rings (SSSR count). The summed E-state index contributed by atoms with van der Waals surface area (Å²) >= 11 is 0. The Morgan fingerprint density at radius 3 is 2.00 bits per heavy atom. The number of H-pyrrole nitrogens is 1. The minimum atomic E-state index is 0. The largest absolute Gasteiger partial charge is 0.390 e. The third-order valence-electron chi connectivity index (χ3n) is 1.38. The Bertz CT molecular complexity index is 194. The summed E-state index contributed by atoms with van der Waals surface area (Å²) < 4.78 is 0. The number of hydrogen-bond donors (Lipinski definition) is 1. The van der Waals surface area contributed by atoms with E-state index < -0.39 is 0 Å². The van der Waals surface area contributed by atoms with E-state index in [1.54, 1.807) is 0 Å². The van der Waals surface area contributed by atoms with Gasteiger partial charge in [0.1, 0.15) is 0 Å². The van der Waals surface area contributed by atoms with Crippen LogP contribution in [0.5, 0.6) is 0 Å². The van der Waals surface area contributed by atoms with E-state index >= 15 is 0 Å². The maximum Gasteiger partial charge on any atom is 0 e. The quantitative estimate of drug-likeness (QED) is 0.783. The molecule has 1 aromatic heterocycles. The zero-order valence-corrected chi connectivity index (χ0v) is 11.1. The van der Waals surface area contributed by atoms with E-state index in [1.165, 1.54) is 5.56 Å². The maximum atomic E-state index is 3.96. The molecule has 71 valence electrons. The molecule has 0 bridgehead atoms. The summed E-state index contributed by atoms with van der Waals surface area (Å²) in [6.07, 6.45) is 2.97. The third kappa shape index (κ3) is 4.04. The van der Waals surface area contributed by atoms with Gasteiger partial charge >= 0.3 is 0 Å². The van der Waals surface area contributed by atoms with Gasteiger partial charge in [-0.05, 0) is 0 Å². The number of rotatable bonds is 1. The van der Waals surface area contributed by atoms with Crippen molar-refractivity contribution in [3.05, 3.63) is 17.5 Å². The van der Waals surface area contributed by atoms with E-state index in [4.69, 9.17) is 0 Å². The first-order valence-electron chi connectivity index (χ1n) is 4.14. The molecular formula is C9H17N2Re-. The van der Waals surface area contributed by atoms with Crippen LogP contribution in [0.25, 0.3) is 0 Å². The predicted molar refractivity (Wildman–Crippen MR) is 47.6 cm³/mol. The molecule has 0 saturated heterocycles. The molecule has 0 saturated carbocycles. The van der Waals surface area contributed by atoms with Crippen LogP contribution in [0.3, 0.4) is 0 Å². The number of aromatic nitrogens is 2. The van der Waals surface area contributed by atoms with Gasteiger partial charge in [-0.1, -0.05) is 46.2 Å². The molecule has 0 aliphatic heterocycles. The molecule has 1 radical (unpaired) electrons. The van der Waals surface area contributed by atoms with Crippen LogP contribution in [0, 0.1) is 13.1 Å². The van der Waals surface area contributed by atoms with Gasteiger partial charge in [-0.3, -0.25) is 5.10 Å². The summed E-state index contributed by atoms with van der Waals surface area (Å²) in [5.74, 6) is 0.531. The topological polar surface area (TPSA) is 28.7 Å². The van der Waals surface area contributed by atoms with Gasteiger partial charge in [0.05, 0.1) is 0 Å². The van der Waals surface area contributed by atoms with E-state index in [0.29, 0.717) is 5.92 Å². The fourth-order valence-corrected chi connectivity index (χ4v) is 0.885. The predicted octanol–water partition coefficient (Wildman–Crippen LogP) is 2.67. The van der Waals surface area contributed by atoms with Crippen LogP contribution in [0.2, 0.25) is 0 Å². The summed E-state index contributed by atoms with van der Waals surface area (Å²) in [7, 11) is 0. The van der Waals surface area contributed by atoms with E-state index in [9.17, 15) is 0 Å². The smallest absolute Gasteiger partial charge is 0 e. The van der Waals surface area contributed by atoms with Gasteiger partial charge in [-0.15, -0.1) is 6.20 Å². The van der Waals surface area contributed by atoms with Gasteiger partial charge in [-0.25, -0.2) is 0 Å². The molecule has 1 N–H and O–H groups in total. The Hall–Kier alpha value is -0.128. The summed E-state index contributed by atoms with van der Waals surface area (Å²) in [6.45, 7) is 10.3. The second kappa shape index (κ2) is 7.52. The molecule has 0 spiro atoms. The molecular weight excluding hydrogens is 322 g/mol. The van der Waals surface area contributed by atoms with Gasteiger partial charge in [0, 0.05) is 20.4 Å². The van der Waals surface area contributed by atoms with Crippen LogP contribution >= 0.6 is 0 Å². The average Bonchev–Trinajstić information content (AvgIpc) is 2.39. The number of nitrogens with one attached hydrogen (secondary N) is 1. The maximum absolute atomic E-state index is 3.96. The minimum Gasteiger partial charge on any atom is -0.390 e. The Kier molecular flexibility index (Phi) is 9.02. The molecule has 2 nitrogen and oxygen atoms in total. The molecule has 1 heterocycles. The van der Waals surface area contributed by atoms with E-state index in [1.807, 2.05) is 20.8 Å². The monoisotopic (exact) mass is 340 g/mol. The molecule has 0 aliphatic rings. The average molecular weight is 339 g/mol. The van der Waals surface area contributed by atoms with Crippen molar-refractivity contribution in [2.45, 2.75) is 40.5 Å². The first-order chi connectivity index (χ1) is 5.22. The van der Waals surface area contributed by atoms with Crippen molar-refractivity contribution < 1.29 is 20.4 Å². The molecule has 0 aromatic carbocycles. The second-order valence-corrected chi connectivity index (χ2v) is 2.50. The molecule has 0 unspecified atom stereocenters. The van der Waals surface area contributed by atoms with Crippen LogP contribution < -0.4 is 0 Å². The minimum absolute atomic E-state index is 0.